The molecule has 1 fully saturated rings. The summed E-state index contributed by atoms with van der Waals surface area (Å²) in [6.07, 6.45) is 2.19. The molecule has 1 saturated carbocycles. The van der Waals surface area contributed by atoms with Crippen molar-refractivity contribution >= 4 is 15.9 Å². The Hall–Kier alpha value is -0.380. The Morgan fingerprint density at radius 1 is 1.29 bits per heavy atom. The minimum Gasteiger partial charge on any atom is -0.394 e. The zero-order chi connectivity index (χ0) is 10.0. The van der Waals surface area contributed by atoms with E-state index in [9.17, 15) is 0 Å². The third-order valence-electron chi connectivity index (χ3n) is 2.74. The van der Waals surface area contributed by atoms with E-state index in [1.165, 1.54) is 5.56 Å². The van der Waals surface area contributed by atoms with Crippen molar-refractivity contribution in [3.05, 3.63) is 34.3 Å². The topological polar surface area (TPSA) is 32.3 Å². The lowest BCUT2D eigenvalue weighted by atomic mass is 10.2. The van der Waals surface area contributed by atoms with Crippen LogP contribution in [0.15, 0.2) is 28.7 Å². The van der Waals surface area contributed by atoms with Gasteiger partial charge in [0, 0.05) is 16.6 Å². The van der Waals surface area contributed by atoms with Gasteiger partial charge in [-0.1, -0.05) is 28.1 Å². The van der Waals surface area contributed by atoms with Crippen LogP contribution in [0.1, 0.15) is 18.4 Å². The predicted octanol–water partition coefficient (Wildman–Crippen LogP) is 2.06. The van der Waals surface area contributed by atoms with Gasteiger partial charge in [-0.3, -0.25) is 0 Å². The molecule has 0 radical (unpaired) electrons. The SMILES string of the molecule is OCC1(NCc2ccc(Br)cc2)CC1. The zero-order valence-corrected chi connectivity index (χ0v) is 9.55. The average Bonchev–Trinajstić information content (AvgIpc) is 2.98. The van der Waals surface area contributed by atoms with Crippen LogP contribution in [0.3, 0.4) is 0 Å². The van der Waals surface area contributed by atoms with E-state index in [0.29, 0.717) is 0 Å². The highest BCUT2D eigenvalue weighted by atomic mass is 79.9. The maximum Gasteiger partial charge on any atom is 0.0613 e. The number of aliphatic hydroxyl groups is 1. The number of hydrogen-bond acceptors (Lipinski definition) is 2. The van der Waals surface area contributed by atoms with Crippen LogP contribution in [0.4, 0.5) is 0 Å². The van der Waals surface area contributed by atoms with Gasteiger partial charge in [0.1, 0.15) is 0 Å². The monoisotopic (exact) mass is 255 g/mol. The van der Waals surface area contributed by atoms with Crippen LogP contribution in [0.5, 0.6) is 0 Å². The van der Waals surface area contributed by atoms with Crippen LogP contribution < -0.4 is 5.32 Å². The molecule has 2 N–H and O–H groups in total. The van der Waals surface area contributed by atoms with Crippen molar-refractivity contribution in [2.75, 3.05) is 6.61 Å². The smallest absolute Gasteiger partial charge is 0.0613 e. The second kappa shape index (κ2) is 4.01. The highest BCUT2D eigenvalue weighted by Gasteiger charge is 2.41. The van der Waals surface area contributed by atoms with Crippen molar-refractivity contribution in [1.29, 1.82) is 0 Å². The summed E-state index contributed by atoms with van der Waals surface area (Å²) >= 11 is 3.40. The molecule has 3 heteroatoms. The molecule has 0 aliphatic heterocycles. The molecule has 2 nitrogen and oxygen atoms in total. The van der Waals surface area contributed by atoms with Crippen molar-refractivity contribution in [1.82, 2.24) is 5.32 Å². The van der Waals surface area contributed by atoms with Gasteiger partial charge in [0.05, 0.1) is 6.61 Å². The van der Waals surface area contributed by atoms with Crippen molar-refractivity contribution < 1.29 is 5.11 Å². The maximum absolute atomic E-state index is 9.11. The first-order valence-corrected chi connectivity index (χ1v) is 5.64. The van der Waals surface area contributed by atoms with Gasteiger partial charge in [-0.2, -0.15) is 0 Å². The molecule has 0 heterocycles. The molecule has 0 amide bonds. The van der Waals surface area contributed by atoms with E-state index in [1.54, 1.807) is 0 Å². The van der Waals surface area contributed by atoms with Crippen LogP contribution in [0, 0.1) is 0 Å². The van der Waals surface area contributed by atoms with Crippen LogP contribution in [-0.2, 0) is 6.54 Å². The van der Waals surface area contributed by atoms with Crippen LogP contribution >= 0.6 is 15.9 Å². The number of rotatable bonds is 4. The molecular weight excluding hydrogens is 242 g/mol. The first-order valence-electron chi connectivity index (χ1n) is 4.84. The van der Waals surface area contributed by atoms with Crippen molar-refractivity contribution in [3.63, 3.8) is 0 Å². The fourth-order valence-corrected chi connectivity index (χ4v) is 1.70. The standard InChI is InChI=1S/C11H14BrNO/c12-10-3-1-9(2-4-10)7-13-11(8-14)5-6-11/h1-4,13-14H,5-8H2. The summed E-state index contributed by atoms with van der Waals surface area (Å²) in [5, 5.41) is 12.5. The molecule has 1 aromatic carbocycles. The van der Waals surface area contributed by atoms with Gasteiger partial charge in [-0.05, 0) is 30.5 Å². The molecule has 1 aromatic rings. The van der Waals surface area contributed by atoms with Crippen LogP contribution in [0.2, 0.25) is 0 Å². The highest BCUT2D eigenvalue weighted by Crippen LogP contribution is 2.34. The Balaban J connectivity index is 1.89. The van der Waals surface area contributed by atoms with E-state index in [4.69, 9.17) is 5.11 Å². The van der Waals surface area contributed by atoms with Gasteiger partial charge in [-0.15, -0.1) is 0 Å². The maximum atomic E-state index is 9.11. The Kier molecular flexibility index (Phi) is 2.91. The Morgan fingerprint density at radius 3 is 2.43 bits per heavy atom. The van der Waals surface area contributed by atoms with Gasteiger partial charge < -0.3 is 10.4 Å². The van der Waals surface area contributed by atoms with Crippen molar-refractivity contribution in [3.8, 4) is 0 Å². The second-order valence-electron chi connectivity index (χ2n) is 3.92. The van der Waals surface area contributed by atoms with E-state index in [-0.39, 0.29) is 12.1 Å². The van der Waals surface area contributed by atoms with Gasteiger partial charge >= 0.3 is 0 Å². The lowest BCUT2D eigenvalue weighted by molar-refractivity contribution is 0.229. The molecule has 0 saturated heterocycles. The molecule has 1 aliphatic rings. The van der Waals surface area contributed by atoms with Crippen molar-refractivity contribution in [2.45, 2.75) is 24.9 Å². The summed E-state index contributed by atoms with van der Waals surface area (Å²) in [5.74, 6) is 0. The number of nitrogens with one attached hydrogen (secondary N) is 1. The summed E-state index contributed by atoms with van der Waals surface area (Å²) in [7, 11) is 0. The third-order valence-corrected chi connectivity index (χ3v) is 3.27. The van der Waals surface area contributed by atoms with E-state index in [0.717, 1.165) is 23.9 Å². The fraction of sp³-hybridized carbons (Fsp3) is 0.455. The molecule has 14 heavy (non-hydrogen) atoms. The molecule has 0 atom stereocenters. The van der Waals surface area contributed by atoms with E-state index in [1.807, 2.05) is 12.1 Å². The van der Waals surface area contributed by atoms with E-state index < -0.39 is 0 Å². The molecule has 0 aromatic heterocycles. The van der Waals surface area contributed by atoms with E-state index >= 15 is 0 Å². The minimum absolute atomic E-state index is 0.0348. The van der Waals surface area contributed by atoms with Gasteiger partial charge in [0.15, 0.2) is 0 Å². The number of halogens is 1. The first kappa shape index (κ1) is 10.1. The summed E-state index contributed by atoms with van der Waals surface area (Å²) in [6.45, 7) is 1.09. The van der Waals surface area contributed by atoms with Gasteiger partial charge in [0.2, 0.25) is 0 Å². The average molecular weight is 256 g/mol. The van der Waals surface area contributed by atoms with Crippen LogP contribution in [0.25, 0.3) is 0 Å². The lowest BCUT2D eigenvalue weighted by Gasteiger charge is -2.13. The molecule has 0 spiro atoms. The molecule has 0 unspecified atom stereocenters. The van der Waals surface area contributed by atoms with Gasteiger partial charge in [0.25, 0.3) is 0 Å². The van der Waals surface area contributed by atoms with E-state index in [2.05, 4.69) is 33.4 Å². The Morgan fingerprint density at radius 2 is 1.93 bits per heavy atom. The number of hydrogen-bond donors (Lipinski definition) is 2. The Bertz CT molecular complexity index is 306. The first-order chi connectivity index (χ1) is 6.74. The zero-order valence-electron chi connectivity index (χ0n) is 7.96. The molecule has 2 rings (SSSR count). The number of aliphatic hydroxyl groups excluding tert-OH is 1. The lowest BCUT2D eigenvalue weighted by Crippen LogP contribution is -2.34. The summed E-state index contributed by atoms with van der Waals surface area (Å²) < 4.78 is 1.10. The molecule has 1 aliphatic carbocycles. The third kappa shape index (κ3) is 2.35. The highest BCUT2D eigenvalue weighted by molar-refractivity contribution is 9.10. The van der Waals surface area contributed by atoms with Gasteiger partial charge in [-0.25, -0.2) is 0 Å². The summed E-state index contributed by atoms with van der Waals surface area (Å²) in [5.41, 5.74) is 1.29. The Labute approximate surface area is 92.5 Å². The fourth-order valence-electron chi connectivity index (χ4n) is 1.43. The van der Waals surface area contributed by atoms with Crippen molar-refractivity contribution in [2.24, 2.45) is 0 Å². The summed E-state index contributed by atoms with van der Waals surface area (Å²) in [6, 6.07) is 8.25. The molecule has 76 valence electrons. The predicted molar refractivity (Wildman–Crippen MR) is 60.0 cm³/mol. The summed E-state index contributed by atoms with van der Waals surface area (Å²) in [4.78, 5) is 0. The number of benzene rings is 1. The normalized spacial score (nSPS) is 18.1. The largest absolute Gasteiger partial charge is 0.394 e. The minimum atomic E-state index is 0.0348. The molecule has 0 bridgehead atoms. The van der Waals surface area contributed by atoms with Crippen LogP contribution in [-0.4, -0.2) is 17.3 Å². The second-order valence-corrected chi connectivity index (χ2v) is 4.83. The molecular formula is C11H14BrNO. The quantitative estimate of drug-likeness (QED) is 0.864.